The summed E-state index contributed by atoms with van der Waals surface area (Å²) in [4.78, 5) is 13.9. The van der Waals surface area contributed by atoms with Gasteiger partial charge in [0.25, 0.3) is 5.91 Å². The average molecular weight is 268 g/mol. The summed E-state index contributed by atoms with van der Waals surface area (Å²) < 4.78 is 5.22. The van der Waals surface area contributed by atoms with E-state index in [1.807, 2.05) is 13.0 Å². The number of carbonyl (C=O) groups excluding carboxylic acids is 1. The monoisotopic (exact) mass is 268 g/mol. The zero-order valence-corrected chi connectivity index (χ0v) is 11.7. The van der Waals surface area contributed by atoms with Crippen molar-refractivity contribution in [3.8, 4) is 5.75 Å². The Bertz CT molecular complexity index is 411. The van der Waals surface area contributed by atoms with Crippen molar-refractivity contribution in [3.63, 3.8) is 0 Å². The number of aryl methyl sites for hydroxylation is 1. The van der Waals surface area contributed by atoms with Crippen molar-refractivity contribution in [1.29, 1.82) is 0 Å². The molecule has 0 aromatic carbocycles. The summed E-state index contributed by atoms with van der Waals surface area (Å²) >= 11 is 1.48. The van der Waals surface area contributed by atoms with Gasteiger partial charge in [0.05, 0.1) is 7.11 Å². The molecule has 4 nitrogen and oxygen atoms in total. The second-order valence-corrected chi connectivity index (χ2v) is 5.93. The Hall–Kier alpha value is -1.07. The van der Waals surface area contributed by atoms with Crippen LogP contribution < -0.4 is 15.4 Å². The number of piperidine rings is 1. The fourth-order valence-electron chi connectivity index (χ4n) is 2.22. The quantitative estimate of drug-likeness (QED) is 0.875. The van der Waals surface area contributed by atoms with Crippen LogP contribution in [0.5, 0.6) is 5.75 Å². The van der Waals surface area contributed by atoms with Crippen LogP contribution in [0.15, 0.2) is 6.07 Å². The third-order valence-corrected chi connectivity index (χ3v) is 4.23. The van der Waals surface area contributed by atoms with Crippen molar-refractivity contribution in [2.75, 3.05) is 26.7 Å². The molecule has 1 amide bonds. The van der Waals surface area contributed by atoms with E-state index in [2.05, 4.69) is 10.6 Å². The standard InChI is InChI=1S/C13H20N2O2S/c1-9-6-11(17-2)12(18-9)13(16)15-8-10-4-3-5-14-7-10/h6,10,14H,3-5,7-8H2,1-2H3,(H,15,16). The Morgan fingerprint density at radius 1 is 1.67 bits per heavy atom. The molecular formula is C13H20N2O2S. The van der Waals surface area contributed by atoms with Gasteiger partial charge in [-0.05, 0) is 44.8 Å². The number of hydrogen-bond donors (Lipinski definition) is 2. The first-order valence-electron chi connectivity index (χ1n) is 6.34. The second-order valence-electron chi connectivity index (χ2n) is 4.68. The van der Waals surface area contributed by atoms with Crippen LogP contribution >= 0.6 is 11.3 Å². The Labute approximate surface area is 112 Å². The Morgan fingerprint density at radius 2 is 2.50 bits per heavy atom. The van der Waals surface area contributed by atoms with Crippen molar-refractivity contribution in [1.82, 2.24) is 10.6 Å². The number of thiophene rings is 1. The lowest BCUT2D eigenvalue weighted by molar-refractivity contribution is 0.0946. The first-order valence-corrected chi connectivity index (χ1v) is 7.15. The number of hydrogen-bond acceptors (Lipinski definition) is 4. The molecular weight excluding hydrogens is 248 g/mol. The van der Waals surface area contributed by atoms with Crippen molar-refractivity contribution < 1.29 is 9.53 Å². The molecule has 1 aliphatic heterocycles. The van der Waals surface area contributed by atoms with E-state index in [1.54, 1.807) is 7.11 Å². The molecule has 1 aromatic rings. The molecule has 0 saturated carbocycles. The van der Waals surface area contributed by atoms with E-state index < -0.39 is 0 Å². The van der Waals surface area contributed by atoms with Crippen LogP contribution in [-0.4, -0.2) is 32.7 Å². The van der Waals surface area contributed by atoms with E-state index in [4.69, 9.17) is 4.74 Å². The van der Waals surface area contributed by atoms with Crippen molar-refractivity contribution in [2.24, 2.45) is 5.92 Å². The van der Waals surface area contributed by atoms with Crippen LogP contribution in [0.1, 0.15) is 27.4 Å². The highest BCUT2D eigenvalue weighted by molar-refractivity contribution is 7.14. The summed E-state index contributed by atoms with van der Waals surface area (Å²) in [6.07, 6.45) is 2.38. The summed E-state index contributed by atoms with van der Waals surface area (Å²) in [5.41, 5.74) is 0. The Balaban J connectivity index is 1.90. The van der Waals surface area contributed by atoms with E-state index in [0.29, 0.717) is 16.5 Å². The molecule has 0 spiro atoms. The number of amides is 1. The minimum atomic E-state index is -0.0180. The SMILES string of the molecule is COc1cc(C)sc1C(=O)NCC1CCCNC1. The molecule has 0 bridgehead atoms. The molecule has 0 radical (unpaired) electrons. The van der Waals surface area contributed by atoms with Crippen LogP contribution in [0.4, 0.5) is 0 Å². The normalized spacial score (nSPS) is 19.6. The van der Waals surface area contributed by atoms with Gasteiger partial charge in [0.1, 0.15) is 10.6 Å². The van der Waals surface area contributed by atoms with Gasteiger partial charge in [0.15, 0.2) is 0 Å². The number of methoxy groups -OCH3 is 1. The number of rotatable bonds is 4. The van der Waals surface area contributed by atoms with Crippen molar-refractivity contribution in [3.05, 3.63) is 15.8 Å². The minimum Gasteiger partial charge on any atom is -0.495 e. The molecule has 0 aliphatic carbocycles. The van der Waals surface area contributed by atoms with Crippen LogP contribution in [0, 0.1) is 12.8 Å². The lowest BCUT2D eigenvalue weighted by Crippen LogP contribution is -2.37. The van der Waals surface area contributed by atoms with E-state index in [-0.39, 0.29) is 5.91 Å². The molecule has 1 unspecified atom stereocenters. The predicted molar refractivity (Wildman–Crippen MR) is 73.5 cm³/mol. The maximum Gasteiger partial charge on any atom is 0.265 e. The van der Waals surface area contributed by atoms with E-state index >= 15 is 0 Å². The summed E-state index contributed by atoms with van der Waals surface area (Å²) in [6, 6.07) is 1.90. The van der Waals surface area contributed by atoms with Crippen molar-refractivity contribution >= 4 is 17.2 Å². The maximum absolute atomic E-state index is 12.1. The van der Waals surface area contributed by atoms with Crippen LogP contribution in [0.25, 0.3) is 0 Å². The molecule has 1 aliphatic rings. The number of nitrogens with one attached hydrogen (secondary N) is 2. The zero-order valence-electron chi connectivity index (χ0n) is 10.9. The number of ether oxygens (including phenoxy) is 1. The molecule has 1 fully saturated rings. The molecule has 2 heterocycles. The lowest BCUT2D eigenvalue weighted by Gasteiger charge is -2.22. The average Bonchev–Trinajstić information content (AvgIpc) is 2.78. The fraction of sp³-hybridized carbons (Fsp3) is 0.615. The first kappa shape index (κ1) is 13.4. The summed E-state index contributed by atoms with van der Waals surface area (Å²) in [5.74, 6) is 1.21. The molecule has 100 valence electrons. The molecule has 1 saturated heterocycles. The number of carbonyl (C=O) groups is 1. The topological polar surface area (TPSA) is 50.4 Å². The first-order chi connectivity index (χ1) is 8.70. The molecule has 1 aromatic heterocycles. The highest BCUT2D eigenvalue weighted by Crippen LogP contribution is 2.28. The van der Waals surface area contributed by atoms with Crippen LogP contribution in [0.3, 0.4) is 0 Å². The van der Waals surface area contributed by atoms with E-state index in [1.165, 1.54) is 24.2 Å². The van der Waals surface area contributed by atoms with Gasteiger partial charge in [-0.15, -0.1) is 11.3 Å². The highest BCUT2D eigenvalue weighted by Gasteiger charge is 2.18. The lowest BCUT2D eigenvalue weighted by atomic mass is 10.00. The summed E-state index contributed by atoms with van der Waals surface area (Å²) in [5, 5.41) is 6.36. The van der Waals surface area contributed by atoms with Gasteiger partial charge in [0.2, 0.25) is 0 Å². The molecule has 1 atom stereocenters. The summed E-state index contributed by atoms with van der Waals surface area (Å²) in [7, 11) is 1.60. The molecule has 5 heteroatoms. The van der Waals surface area contributed by atoms with Gasteiger partial charge >= 0.3 is 0 Å². The van der Waals surface area contributed by atoms with Gasteiger partial charge in [0, 0.05) is 11.4 Å². The van der Waals surface area contributed by atoms with Gasteiger partial charge in [-0.25, -0.2) is 0 Å². The van der Waals surface area contributed by atoms with Crippen molar-refractivity contribution in [2.45, 2.75) is 19.8 Å². The van der Waals surface area contributed by atoms with Crippen LogP contribution in [-0.2, 0) is 0 Å². The van der Waals surface area contributed by atoms with Gasteiger partial charge < -0.3 is 15.4 Å². The minimum absolute atomic E-state index is 0.0180. The second kappa shape index (κ2) is 6.20. The molecule has 2 rings (SSSR count). The molecule has 18 heavy (non-hydrogen) atoms. The third kappa shape index (κ3) is 3.23. The van der Waals surface area contributed by atoms with Gasteiger partial charge in [-0.2, -0.15) is 0 Å². The Kier molecular flexibility index (Phi) is 4.60. The zero-order chi connectivity index (χ0) is 13.0. The molecule has 2 N–H and O–H groups in total. The smallest absolute Gasteiger partial charge is 0.265 e. The fourth-order valence-corrected chi connectivity index (χ4v) is 3.11. The Morgan fingerprint density at radius 3 is 3.17 bits per heavy atom. The van der Waals surface area contributed by atoms with Crippen LogP contribution in [0.2, 0.25) is 0 Å². The third-order valence-electron chi connectivity index (χ3n) is 3.20. The van der Waals surface area contributed by atoms with E-state index in [9.17, 15) is 4.79 Å². The van der Waals surface area contributed by atoms with Gasteiger partial charge in [-0.1, -0.05) is 0 Å². The largest absolute Gasteiger partial charge is 0.495 e. The maximum atomic E-state index is 12.1. The van der Waals surface area contributed by atoms with E-state index in [0.717, 1.165) is 24.5 Å². The summed E-state index contributed by atoms with van der Waals surface area (Å²) in [6.45, 7) is 4.82. The van der Waals surface area contributed by atoms with Gasteiger partial charge in [-0.3, -0.25) is 4.79 Å². The highest BCUT2D eigenvalue weighted by atomic mass is 32.1. The predicted octanol–water partition coefficient (Wildman–Crippen LogP) is 1.79.